The van der Waals surface area contributed by atoms with Crippen LogP contribution < -0.4 is 14.4 Å². The van der Waals surface area contributed by atoms with Crippen LogP contribution in [0.25, 0.3) is 0 Å². The van der Waals surface area contributed by atoms with Gasteiger partial charge in [0.1, 0.15) is 18.3 Å². The van der Waals surface area contributed by atoms with Crippen molar-refractivity contribution in [2.45, 2.75) is 69.5 Å². The molecule has 1 saturated carbocycles. The molecule has 1 aliphatic rings. The second kappa shape index (κ2) is 14.1. The minimum absolute atomic E-state index is 0.00251. The lowest BCUT2D eigenvalue weighted by Gasteiger charge is -2.33. The van der Waals surface area contributed by atoms with Crippen molar-refractivity contribution in [1.82, 2.24) is 10.2 Å². The van der Waals surface area contributed by atoms with E-state index in [0.29, 0.717) is 16.5 Å². The number of ether oxygens (including phenoxy) is 1. The van der Waals surface area contributed by atoms with E-state index in [1.807, 2.05) is 19.1 Å². The third-order valence-electron chi connectivity index (χ3n) is 7.61. The molecule has 0 aliphatic heterocycles. The molecule has 4 rings (SSSR count). The van der Waals surface area contributed by atoms with Gasteiger partial charge in [0.15, 0.2) is 0 Å². The van der Waals surface area contributed by atoms with Gasteiger partial charge in [-0.05, 0) is 80.8 Å². The highest BCUT2D eigenvalue weighted by atomic mass is 35.5. The van der Waals surface area contributed by atoms with Crippen LogP contribution in [0.1, 0.15) is 50.2 Å². The molecule has 1 atom stereocenters. The van der Waals surface area contributed by atoms with E-state index in [4.69, 9.17) is 16.3 Å². The Balaban J connectivity index is 1.68. The first-order valence-electron chi connectivity index (χ1n) is 14.2. The van der Waals surface area contributed by atoms with Gasteiger partial charge in [-0.15, -0.1) is 0 Å². The molecule has 0 unspecified atom stereocenters. The summed E-state index contributed by atoms with van der Waals surface area (Å²) in [6.45, 7) is 3.17. The molecule has 0 aromatic heterocycles. The summed E-state index contributed by atoms with van der Waals surface area (Å²) in [5, 5.41) is 3.51. The van der Waals surface area contributed by atoms with Crippen molar-refractivity contribution in [3.63, 3.8) is 0 Å². The summed E-state index contributed by atoms with van der Waals surface area (Å²) in [5.41, 5.74) is 2.04. The number of sulfonamides is 1. The molecule has 1 aliphatic carbocycles. The number of anilines is 1. The number of nitrogens with zero attached hydrogens (tertiary/aromatic N) is 2. The molecule has 0 radical (unpaired) electrons. The van der Waals surface area contributed by atoms with Crippen LogP contribution in [0.4, 0.5) is 5.69 Å². The molecule has 1 fully saturated rings. The summed E-state index contributed by atoms with van der Waals surface area (Å²) in [4.78, 5) is 29.0. The number of hydrogen-bond donors (Lipinski definition) is 1. The molecule has 224 valence electrons. The van der Waals surface area contributed by atoms with Gasteiger partial charge in [-0.3, -0.25) is 13.9 Å². The van der Waals surface area contributed by atoms with Crippen molar-refractivity contribution in [3.8, 4) is 5.75 Å². The number of benzene rings is 3. The number of carbonyl (C=O) groups excluding carboxylic acids is 2. The zero-order valence-corrected chi connectivity index (χ0v) is 25.8. The number of nitrogens with one attached hydrogen (secondary N) is 1. The monoisotopic (exact) mass is 611 g/mol. The van der Waals surface area contributed by atoms with E-state index >= 15 is 0 Å². The van der Waals surface area contributed by atoms with E-state index in [1.165, 1.54) is 29.2 Å². The SMILES string of the molecule is COc1cccc(CN(C(=O)CN(c2ccc(C)cc2)S(=O)(=O)c2ccc(Cl)cc2)[C@@H](C)C(=O)NC2CCCCC2)c1. The molecule has 2 amide bonds. The van der Waals surface area contributed by atoms with Crippen LogP contribution in [-0.4, -0.2) is 50.9 Å². The molecular formula is C32H38ClN3O5S. The minimum atomic E-state index is -4.16. The lowest BCUT2D eigenvalue weighted by Crippen LogP contribution is -2.53. The Bertz CT molecular complexity index is 1470. The van der Waals surface area contributed by atoms with Gasteiger partial charge in [-0.1, -0.05) is 60.7 Å². The number of carbonyl (C=O) groups is 2. The van der Waals surface area contributed by atoms with Gasteiger partial charge >= 0.3 is 0 Å². The highest BCUT2D eigenvalue weighted by Crippen LogP contribution is 2.26. The molecule has 8 nitrogen and oxygen atoms in total. The summed E-state index contributed by atoms with van der Waals surface area (Å²) in [6.07, 6.45) is 5.07. The molecule has 10 heteroatoms. The number of aryl methyl sites for hydroxylation is 1. The summed E-state index contributed by atoms with van der Waals surface area (Å²) in [5.74, 6) is -0.159. The van der Waals surface area contributed by atoms with Crippen LogP contribution in [0.2, 0.25) is 5.02 Å². The molecule has 0 spiro atoms. The maximum atomic E-state index is 14.1. The third-order valence-corrected chi connectivity index (χ3v) is 9.65. The second-order valence-corrected chi connectivity index (χ2v) is 13.0. The molecule has 42 heavy (non-hydrogen) atoms. The molecule has 1 N–H and O–H groups in total. The van der Waals surface area contributed by atoms with Gasteiger partial charge in [0.25, 0.3) is 10.0 Å². The maximum absolute atomic E-state index is 14.1. The number of methoxy groups -OCH3 is 1. The molecule has 0 bridgehead atoms. The Hall–Kier alpha value is -3.56. The maximum Gasteiger partial charge on any atom is 0.264 e. The van der Waals surface area contributed by atoms with Gasteiger partial charge in [0, 0.05) is 17.6 Å². The van der Waals surface area contributed by atoms with Crippen molar-refractivity contribution in [1.29, 1.82) is 0 Å². The van der Waals surface area contributed by atoms with Crippen molar-refractivity contribution < 1.29 is 22.7 Å². The normalized spacial score (nSPS) is 14.6. The zero-order valence-electron chi connectivity index (χ0n) is 24.3. The quantitative estimate of drug-likeness (QED) is 0.299. The summed E-state index contributed by atoms with van der Waals surface area (Å²) in [6, 6.07) is 19.2. The summed E-state index contributed by atoms with van der Waals surface area (Å²) in [7, 11) is -2.60. The predicted octanol–water partition coefficient (Wildman–Crippen LogP) is 5.72. The van der Waals surface area contributed by atoms with Crippen LogP contribution in [0, 0.1) is 6.92 Å². The molecular weight excluding hydrogens is 574 g/mol. The first-order valence-corrected chi connectivity index (χ1v) is 16.0. The van der Waals surface area contributed by atoms with Gasteiger partial charge in [0.2, 0.25) is 11.8 Å². The molecule has 3 aromatic rings. The Labute approximate surface area is 253 Å². The zero-order chi connectivity index (χ0) is 30.3. The van der Waals surface area contributed by atoms with Crippen molar-refractivity contribution in [3.05, 3.63) is 88.9 Å². The van der Waals surface area contributed by atoms with Crippen LogP contribution in [0.5, 0.6) is 5.75 Å². The van der Waals surface area contributed by atoms with Crippen LogP contribution in [0.15, 0.2) is 77.7 Å². The third kappa shape index (κ3) is 7.83. The van der Waals surface area contributed by atoms with Crippen molar-refractivity contribution in [2.75, 3.05) is 18.0 Å². The predicted molar refractivity (Wildman–Crippen MR) is 165 cm³/mol. The fourth-order valence-corrected chi connectivity index (χ4v) is 6.63. The van der Waals surface area contributed by atoms with Crippen LogP contribution in [0.3, 0.4) is 0 Å². The Morgan fingerprint density at radius 3 is 2.31 bits per heavy atom. The lowest BCUT2D eigenvalue weighted by molar-refractivity contribution is -0.139. The second-order valence-electron chi connectivity index (χ2n) is 10.7. The van der Waals surface area contributed by atoms with E-state index in [2.05, 4.69) is 5.32 Å². The number of halogens is 1. The van der Waals surface area contributed by atoms with Crippen LogP contribution in [-0.2, 0) is 26.2 Å². The Morgan fingerprint density at radius 1 is 1.00 bits per heavy atom. The molecule has 3 aromatic carbocycles. The van der Waals surface area contributed by atoms with Crippen molar-refractivity contribution in [2.24, 2.45) is 0 Å². The van der Waals surface area contributed by atoms with E-state index in [1.54, 1.807) is 50.4 Å². The van der Waals surface area contributed by atoms with Crippen LogP contribution >= 0.6 is 11.6 Å². The minimum Gasteiger partial charge on any atom is -0.497 e. The highest BCUT2D eigenvalue weighted by molar-refractivity contribution is 7.92. The topological polar surface area (TPSA) is 96.0 Å². The summed E-state index contributed by atoms with van der Waals surface area (Å²) < 4.78 is 34.3. The van der Waals surface area contributed by atoms with Gasteiger partial charge in [0.05, 0.1) is 17.7 Å². The van der Waals surface area contributed by atoms with E-state index in [0.717, 1.165) is 47.5 Å². The Morgan fingerprint density at radius 2 is 1.67 bits per heavy atom. The fraction of sp³-hybridized carbons (Fsp3) is 0.375. The number of rotatable bonds is 11. The van der Waals surface area contributed by atoms with E-state index < -0.39 is 28.5 Å². The average molecular weight is 612 g/mol. The highest BCUT2D eigenvalue weighted by Gasteiger charge is 2.33. The van der Waals surface area contributed by atoms with Crippen molar-refractivity contribution >= 4 is 39.1 Å². The first-order chi connectivity index (χ1) is 20.1. The fourth-order valence-electron chi connectivity index (χ4n) is 5.09. The average Bonchev–Trinajstić information content (AvgIpc) is 2.99. The first kappa shape index (κ1) is 31.4. The van der Waals surface area contributed by atoms with Gasteiger partial charge in [-0.25, -0.2) is 8.42 Å². The van der Waals surface area contributed by atoms with E-state index in [-0.39, 0.29) is 23.4 Å². The largest absolute Gasteiger partial charge is 0.497 e. The van der Waals surface area contributed by atoms with Gasteiger partial charge in [-0.2, -0.15) is 0 Å². The Kier molecular flexibility index (Phi) is 10.5. The lowest BCUT2D eigenvalue weighted by atomic mass is 9.95. The molecule has 0 saturated heterocycles. The van der Waals surface area contributed by atoms with E-state index in [9.17, 15) is 18.0 Å². The smallest absolute Gasteiger partial charge is 0.264 e. The number of amides is 2. The molecule has 0 heterocycles. The van der Waals surface area contributed by atoms with Gasteiger partial charge < -0.3 is 15.0 Å². The summed E-state index contributed by atoms with van der Waals surface area (Å²) >= 11 is 6.02. The standard InChI is InChI=1S/C32H38ClN3O5S/c1-23-12-16-28(17-13-23)36(42(39,40)30-18-14-26(33)15-19-30)22-31(37)35(21-25-8-7-11-29(20-25)41-3)24(2)32(38)34-27-9-5-4-6-10-27/h7-8,11-20,24,27H,4-6,9-10,21-22H2,1-3H3,(H,34,38)/t24-/m0/s1. The number of hydrogen-bond acceptors (Lipinski definition) is 5.